The van der Waals surface area contributed by atoms with Gasteiger partial charge < -0.3 is 14.7 Å². The molecule has 0 radical (unpaired) electrons. The Morgan fingerprint density at radius 3 is 1.61 bits per heavy atom. The second-order valence-corrected chi connectivity index (χ2v) is 12.7. The molecule has 2 fully saturated rings. The summed E-state index contributed by atoms with van der Waals surface area (Å²) in [6.07, 6.45) is 4.20. The molecule has 190 valence electrons. The van der Waals surface area contributed by atoms with Gasteiger partial charge in [-0.25, -0.2) is 0 Å². The molecule has 0 unspecified atom stereocenters. The van der Waals surface area contributed by atoms with E-state index in [-0.39, 0.29) is 24.2 Å². The van der Waals surface area contributed by atoms with Crippen molar-refractivity contribution >= 4 is 7.79 Å². The van der Waals surface area contributed by atoms with E-state index in [0.717, 1.165) is 36.8 Å². The number of aliphatic hydroxyl groups is 1. The molecule has 3 aromatic rings. The standard InChI is InChI=1S/C30H37N2O3P/c1-22(24-12-6-4-7-13-24)31-28-16-10-11-17-29(28)32(23(2)25-14-8-5-9-15-25)36(31,34)30(33)26-18-20-27(35-3)21-19-26/h4-9,12-15,18-23,28-30,33H,10-11,16-17H2,1-3H3/t22-,23-,28-,29-,30-/m0/s1. The number of hydrogen-bond acceptors (Lipinski definition) is 5. The van der Waals surface area contributed by atoms with Crippen molar-refractivity contribution in [2.24, 2.45) is 0 Å². The number of nitrogens with zero attached hydrogens (tertiary/aromatic N) is 2. The van der Waals surface area contributed by atoms with Gasteiger partial charge in [0.1, 0.15) is 13.5 Å². The van der Waals surface area contributed by atoms with Crippen LogP contribution in [-0.4, -0.2) is 33.6 Å². The van der Waals surface area contributed by atoms with Crippen molar-refractivity contribution in [1.82, 2.24) is 9.34 Å². The molecule has 36 heavy (non-hydrogen) atoms. The molecule has 1 N–H and O–H groups in total. The van der Waals surface area contributed by atoms with E-state index in [1.807, 2.05) is 60.7 Å². The average Bonchev–Trinajstić information content (AvgIpc) is 3.21. The predicted molar refractivity (Wildman–Crippen MR) is 144 cm³/mol. The van der Waals surface area contributed by atoms with Crippen LogP contribution >= 0.6 is 7.79 Å². The molecule has 1 saturated heterocycles. The van der Waals surface area contributed by atoms with Crippen molar-refractivity contribution in [2.75, 3.05) is 7.11 Å². The summed E-state index contributed by atoms with van der Waals surface area (Å²) in [4.78, 5) is 15.7. The van der Waals surface area contributed by atoms with Crippen molar-refractivity contribution in [3.05, 3.63) is 102 Å². The number of fused-ring (bicyclic) bond motifs is 1. The van der Waals surface area contributed by atoms with E-state index in [9.17, 15) is 5.11 Å². The minimum atomic E-state index is -3.49. The highest BCUT2D eigenvalue weighted by atomic mass is 31.2. The highest BCUT2D eigenvalue weighted by molar-refractivity contribution is 7.64. The lowest BCUT2D eigenvalue weighted by Crippen LogP contribution is -2.41. The quantitative estimate of drug-likeness (QED) is 0.385. The molecular weight excluding hydrogens is 467 g/mol. The Balaban J connectivity index is 1.65. The molecule has 1 saturated carbocycles. The fourth-order valence-corrected chi connectivity index (χ4v) is 10.3. The summed E-state index contributed by atoms with van der Waals surface area (Å²) in [5.41, 5.74) is 2.91. The number of hydrogen-bond donors (Lipinski definition) is 1. The van der Waals surface area contributed by atoms with Crippen LogP contribution in [0.15, 0.2) is 84.9 Å². The number of benzene rings is 3. The molecule has 5 atom stereocenters. The Bertz CT molecular complexity index is 1070. The monoisotopic (exact) mass is 504 g/mol. The Morgan fingerprint density at radius 1 is 0.750 bits per heavy atom. The molecule has 3 aromatic carbocycles. The number of rotatable bonds is 7. The summed E-state index contributed by atoms with van der Waals surface area (Å²) in [6, 6.07) is 28.0. The smallest absolute Gasteiger partial charge is 0.217 e. The fourth-order valence-electron chi connectivity index (χ4n) is 6.32. The lowest BCUT2D eigenvalue weighted by atomic mass is 9.88. The zero-order valence-corrected chi connectivity index (χ0v) is 22.3. The van der Waals surface area contributed by atoms with Crippen LogP contribution in [0.4, 0.5) is 0 Å². The normalized spacial score (nSPS) is 24.6. The highest BCUT2D eigenvalue weighted by Crippen LogP contribution is 2.77. The molecule has 1 heterocycles. The van der Waals surface area contributed by atoms with Crippen LogP contribution < -0.4 is 9.63 Å². The van der Waals surface area contributed by atoms with Crippen molar-refractivity contribution in [3.63, 3.8) is 0 Å². The van der Waals surface area contributed by atoms with Crippen molar-refractivity contribution in [3.8, 4) is 5.75 Å². The number of methoxy groups -OCH3 is 1. The van der Waals surface area contributed by atoms with Crippen molar-refractivity contribution < 1.29 is 14.7 Å². The van der Waals surface area contributed by atoms with Crippen LogP contribution in [0.1, 0.15) is 74.1 Å². The molecule has 2 aliphatic rings. The van der Waals surface area contributed by atoms with Gasteiger partial charge in [-0.1, -0.05) is 73.5 Å². The molecule has 0 bridgehead atoms. The Morgan fingerprint density at radius 2 is 1.19 bits per heavy atom. The first-order valence-electron chi connectivity index (χ1n) is 13.1. The van der Waals surface area contributed by atoms with Gasteiger partial charge in [-0.3, -0.25) is 0 Å². The van der Waals surface area contributed by atoms with Gasteiger partial charge in [-0.15, -0.1) is 0 Å². The third-order valence-electron chi connectivity index (χ3n) is 8.13. The van der Waals surface area contributed by atoms with Crippen LogP contribution in [-0.2, 0) is 0 Å². The largest absolute Gasteiger partial charge is 0.648 e. The maximum Gasteiger partial charge on any atom is 0.217 e. The highest BCUT2D eigenvalue weighted by Gasteiger charge is 2.65. The minimum Gasteiger partial charge on any atom is -0.648 e. The van der Waals surface area contributed by atoms with E-state index in [1.54, 1.807) is 7.11 Å². The van der Waals surface area contributed by atoms with Crippen LogP contribution in [0.2, 0.25) is 0 Å². The summed E-state index contributed by atoms with van der Waals surface area (Å²) in [5, 5.41) is 12.0. The average molecular weight is 505 g/mol. The van der Waals surface area contributed by atoms with Crippen LogP contribution in [0.5, 0.6) is 5.75 Å². The summed E-state index contributed by atoms with van der Waals surface area (Å²) in [5.74, 6) is -0.417. The van der Waals surface area contributed by atoms with E-state index in [0.29, 0.717) is 11.3 Å². The van der Waals surface area contributed by atoms with E-state index in [1.165, 1.54) is 0 Å². The molecule has 5 nitrogen and oxygen atoms in total. The fraction of sp³-hybridized carbons (Fsp3) is 0.400. The molecule has 1 aliphatic carbocycles. The second-order valence-electron chi connectivity index (χ2n) is 10.1. The van der Waals surface area contributed by atoms with Crippen LogP contribution in [0, 0.1) is 0 Å². The summed E-state index contributed by atoms with van der Waals surface area (Å²) in [6.45, 7) is 4.29. The SMILES string of the molecule is COc1ccc([C@@H](O)[P+]2([O-])N([C@@H](C)c3ccccc3)[C@H]3CCCC[C@@H]3N2[C@@H](C)c2ccccc2)cc1. The lowest BCUT2D eigenvalue weighted by Gasteiger charge is -2.47. The van der Waals surface area contributed by atoms with E-state index >= 15 is 4.89 Å². The predicted octanol–water partition coefficient (Wildman–Crippen LogP) is 6.26. The van der Waals surface area contributed by atoms with Gasteiger partial charge in [0.25, 0.3) is 0 Å². The molecule has 5 rings (SSSR count). The van der Waals surface area contributed by atoms with Gasteiger partial charge in [0.05, 0.1) is 31.3 Å². The maximum atomic E-state index is 15.7. The van der Waals surface area contributed by atoms with Gasteiger partial charge >= 0.3 is 0 Å². The van der Waals surface area contributed by atoms with Crippen molar-refractivity contribution in [2.45, 2.75) is 69.5 Å². The van der Waals surface area contributed by atoms with Gasteiger partial charge in [0.2, 0.25) is 5.85 Å². The molecule has 6 heteroatoms. The summed E-state index contributed by atoms with van der Waals surface area (Å²) < 4.78 is 9.76. The second kappa shape index (κ2) is 10.6. The lowest BCUT2D eigenvalue weighted by molar-refractivity contribution is -0.203. The topological polar surface area (TPSA) is 59.0 Å². The first-order valence-corrected chi connectivity index (χ1v) is 14.7. The minimum absolute atomic E-state index is 0.0940. The van der Waals surface area contributed by atoms with Crippen molar-refractivity contribution in [1.29, 1.82) is 0 Å². The maximum absolute atomic E-state index is 15.7. The summed E-state index contributed by atoms with van der Waals surface area (Å²) in [7, 11) is -1.87. The zero-order valence-electron chi connectivity index (χ0n) is 21.4. The molecule has 1 aliphatic heterocycles. The van der Waals surface area contributed by atoms with Gasteiger partial charge in [0.15, 0.2) is 0 Å². The third-order valence-corrected chi connectivity index (χ3v) is 11.7. The van der Waals surface area contributed by atoms with Crippen LogP contribution in [0.25, 0.3) is 0 Å². The Labute approximate surface area is 215 Å². The zero-order chi connectivity index (χ0) is 25.3. The van der Waals surface area contributed by atoms with Gasteiger partial charge in [0, 0.05) is 5.56 Å². The Kier molecular flexibility index (Phi) is 7.48. The number of ether oxygens (including phenoxy) is 1. The first-order chi connectivity index (χ1) is 17.5. The van der Waals surface area contributed by atoms with E-state index in [2.05, 4.69) is 47.5 Å². The number of aliphatic hydroxyl groups excluding tert-OH is 1. The Hall–Kier alpha value is -2.27. The third kappa shape index (κ3) is 4.38. The molecule has 0 amide bonds. The van der Waals surface area contributed by atoms with E-state index < -0.39 is 13.6 Å². The molecule has 0 spiro atoms. The van der Waals surface area contributed by atoms with Crippen LogP contribution in [0.3, 0.4) is 0 Å². The van der Waals surface area contributed by atoms with Gasteiger partial charge in [-0.05, 0) is 62.1 Å². The van der Waals surface area contributed by atoms with E-state index in [4.69, 9.17) is 4.74 Å². The summed E-state index contributed by atoms with van der Waals surface area (Å²) >= 11 is 0. The van der Waals surface area contributed by atoms with Gasteiger partial charge in [-0.2, -0.15) is 9.34 Å². The molecular formula is C30H37N2O3P. The first kappa shape index (κ1) is 25.4. The molecule has 0 aromatic heterocycles.